The second kappa shape index (κ2) is 5.62. The van der Waals surface area contributed by atoms with Gasteiger partial charge >= 0.3 is 5.97 Å². The van der Waals surface area contributed by atoms with Crippen LogP contribution < -0.4 is 10.0 Å². The van der Waals surface area contributed by atoms with Crippen LogP contribution in [0.4, 0.5) is 0 Å². The first-order chi connectivity index (χ1) is 9.81. The van der Waals surface area contributed by atoms with Crippen molar-refractivity contribution in [3.63, 3.8) is 0 Å². The number of amides is 2. The van der Waals surface area contributed by atoms with Crippen molar-refractivity contribution in [2.45, 2.75) is 17.7 Å². The van der Waals surface area contributed by atoms with Crippen LogP contribution >= 0.6 is 0 Å². The number of carbonyl (C=O) groups is 3. The lowest BCUT2D eigenvalue weighted by Crippen LogP contribution is -2.25. The topological polar surface area (TPSA) is 130 Å². The molecule has 1 aliphatic heterocycles. The van der Waals surface area contributed by atoms with E-state index in [0.717, 1.165) is 6.07 Å². The van der Waals surface area contributed by atoms with Crippen molar-refractivity contribution in [1.29, 1.82) is 0 Å². The summed E-state index contributed by atoms with van der Waals surface area (Å²) in [5.74, 6) is -2.21. The molecule has 2 rings (SSSR count). The number of hydrogen-bond donors (Lipinski definition) is 3. The molecule has 0 aliphatic carbocycles. The molecule has 112 valence electrons. The molecular formula is C12H12N2O6S. The summed E-state index contributed by atoms with van der Waals surface area (Å²) in [5.41, 5.74) is 0.137. The Labute approximate surface area is 120 Å². The van der Waals surface area contributed by atoms with E-state index in [4.69, 9.17) is 5.11 Å². The highest BCUT2D eigenvalue weighted by Crippen LogP contribution is 2.20. The third kappa shape index (κ3) is 3.26. The molecule has 1 aromatic rings. The Morgan fingerprint density at radius 3 is 2.52 bits per heavy atom. The number of hydrogen-bond acceptors (Lipinski definition) is 5. The SMILES string of the molecule is O=C(O)CCCNS(=O)(=O)c1ccc2c(c1)C(=O)NC2=O. The molecule has 0 bridgehead atoms. The van der Waals surface area contributed by atoms with Crippen molar-refractivity contribution in [2.24, 2.45) is 0 Å². The number of imide groups is 1. The van der Waals surface area contributed by atoms with Gasteiger partial charge in [0, 0.05) is 13.0 Å². The summed E-state index contributed by atoms with van der Waals surface area (Å²) in [5, 5.41) is 10.5. The minimum absolute atomic E-state index is 0.00779. The van der Waals surface area contributed by atoms with Gasteiger partial charge in [0.2, 0.25) is 10.0 Å². The summed E-state index contributed by atoms with van der Waals surface area (Å²) < 4.78 is 26.2. The van der Waals surface area contributed by atoms with Crippen LogP contribution in [0.3, 0.4) is 0 Å². The first-order valence-electron chi connectivity index (χ1n) is 6.02. The normalized spacial score (nSPS) is 13.9. The number of fused-ring (bicyclic) bond motifs is 1. The maximum atomic E-state index is 12.0. The third-order valence-electron chi connectivity index (χ3n) is 2.88. The fraction of sp³-hybridized carbons (Fsp3) is 0.250. The molecule has 0 saturated carbocycles. The molecule has 1 aliphatic rings. The maximum Gasteiger partial charge on any atom is 0.303 e. The number of aliphatic carboxylic acids is 1. The number of carboxylic acids is 1. The van der Waals surface area contributed by atoms with Crippen LogP contribution in [0, 0.1) is 0 Å². The largest absolute Gasteiger partial charge is 0.481 e. The lowest BCUT2D eigenvalue weighted by atomic mass is 10.1. The number of rotatable bonds is 6. The van der Waals surface area contributed by atoms with Crippen molar-refractivity contribution >= 4 is 27.8 Å². The Kier molecular flexibility index (Phi) is 4.05. The lowest BCUT2D eigenvalue weighted by molar-refractivity contribution is -0.137. The van der Waals surface area contributed by atoms with Gasteiger partial charge in [-0.15, -0.1) is 0 Å². The molecule has 8 nitrogen and oxygen atoms in total. The minimum atomic E-state index is -3.85. The number of carboxylic acid groups (broad SMARTS) is 1. The number of nitrogens with one attached hydrogen (secondary N) is 2. The van der Waals surface area contributed by atoms with Gasteiger partial charge in [0.1, 0.15) is 0 Å². The molecule has 1 heterocycles. The van der Waals surface area contributed by atoms with Crippen molar-refractivity contribution in [3.8, 4) is 0 Å². The smallest absolute Gasteiger partial charge is 0.303 e. The third-order valence-corrected chi connectivity index (χ3v) is 4.34. The van der Waals surface area contributed by atoms with E-state index in [9.17, 15) is 22.8 Å². The van der Waals surface area contributed by atoms with Gasteiger partial charge in [-0.25, -0.2) is 13.1 Å². The van der Waals surface area contributed by atoms with Crippen LogP contribution in [0.2, 0.25) is 0 Å². The lowest BCUT2D eigenvalue weighted by Gasteiger charge is -2.06. The van der Waals surface area contributed by atoms with Crippen molar-refractivity contribution in [3.05, 3.63) is 29.3 Å². The first-order valence-corrected chi connectivity index (χ1v) is 7.51. The molecule has 21 heavy (non-hydrogen) atoms. The predicted octanol–water partition coefficient (Wildman–Crippen LogP) is -0.287. The molecule has 0 atom stereocenters. The van der Waals surface area contributed by atoms with Gasteiger partial charge in [0.15, 0.2) is 0 Å². The van der Waals surface area contributed by atoms with E-state index >= 15 is 0 Å². The molecule has 0 fully saturated rings. The van der Waals surface area contributed by atoms with Gasteiger partial charge in [-0.05, 0) is 24.6 Å². The van der Waals surface area contributed by atoms with E-state index in [1.165, 1.54) is 12.1 Å². The highest BCUT2D eigenvalue weighted by molar-refractivity contribution is 7.89. The van der Waals surface area contributed by atoms with E-state index in [1.807, 2.05) is 0 Å². The zero-order valence-electron chi connectivity index (χ0n) is 10.8. The van der Waals surface area contributed by atoms with Gasteiger partial charge in [-0.2, -0.15) is 0 Å². The second-order valence-electron chi connectivity index (χ2n) is 4.39. The molecule has 9 heteroatoms. The quantitative estimate of drug-likeness (QED) is 0.489. The summed E-state index contributed by atoms with van der Waals surface area (Å²) in [6, 6.07) is 3.60. The van der Waals surface area contributed by atoms with Gasteiger partial charge in [0.25, 0.3) is 11.8 Å². The summed E-state index contributed by atoms with van der Waals surface area (Å²) >= 11 is 0. The van der Waals surface area contributed by atoms with Crippen molar-refractivity contribution in [2.75, 3.05) is 6.54 Å². The maximum absolute atomic E-state index is 12.0. The number of sulfonamides is 1. The standard InChI is InChI=1S/C12H12N2O6S/c15-10(16)2-1-5-13-21(19,20)7-3-4-8-9(6-7)12(18)14-11(8)17/h3-4,6,13H,1-2,5H2,(H,15,16)(H,14,17,18). The molecule has 1 aromatic carbocycles. The summed E-state index contributed by atoms with van der Waals surface area (Å²) in [4.78, 5) is 33.0. The average molecular weight is 312 g/mol. The Hall–Kier alpha value is -2.26. The predicted molar refractivity (Wildman–Crippen MR) is 70.3 cm³/mol. The molecule has 0 unspecified atom stereocenters. The van der Waals surface area contributed by atoms with E-state index in [2.05, 4.69) is 10.0 Å². The van der Waals surface area contributed by atoms with Gasteiger partial charge in [-0.3, -0.25) is 19.7 Å². The molecule has 0 spiro atoms. The van der Waals surface area contributed by atoms with E-state index in [0.29, 0.717) is 0 Å². The van der Waals surface area contributed by atoms with Gasteiger partial charge in [-0.1, -0.05) is 0 Å². The van der Waals surface area contributed by atoms with E-state index in [-0.39, 0.29) is 35.4 Å². The average Bonchev–Trinajstić information content (AvgIpc) is 2.70. The molecule has 0 radical (unpaired) electrons. The first kappa shape index (κ1) is 15.1. The van der Waals surface area contributed by atoms with Crippen LogP contribution in [0.1, 0.15) is 33.6 Å². The minimum Gasteiger partial charge on any atom is -0.481 e. The molecule has 3 N–H and O–H groups in total. The highest BCUT2D eigenvalue weighted by Gasteiger charge is 2.28. The van der Waals surface area contributed by atoms with Crippen LogP contribution in [0.25, 0.3) is 0 Å². The Balaban J connectivity index is 2.14. The van der Waals surface area contributed by atoms with Crippen molar-refractivity contribution < 1.29 is 27.9 Å². The second-order valence-corrected chi connectivity index (χ2v) is 6.15. The number of benzene rings is 1. The summed E-state index contributed by atoms with van der Waals surface area (Å²) in [6.45, 7) is -0.0309. The van der Waals surface area contributed by atoms with Crippen LogP contribution in [0.15, 0.2) is 23.1 Å². The van der Waals surface area contributed by atoms with Crippen molar-refractivity contribution in [1.82, 2.24) is 10.0 Å². The molecular weight excluding hydrogens is 300 g/mol. The van der Waals surface area contributed by atoms with E-state index < -0.39 is 27.8 Å². The fourth-order valence-corrected chi connectivity index (χ4v) is 2.94. The van der Waals surface area contributed by atoms with Crippen LogP contribution in [0.5, 0.6) is 0 Å². The zero-order valence-corrected chi connectivity index (χ0v) is 11.6. The van der Waals surface area contributed by atoms with Crippen LogP contribution in [-0.2, 0) is 14.8 Å². The Morgan fingerprint density at radius 2 is 1.86 bits per heavy atom. The van der Waals surface area contributed by atoms with E-state index in [1.54, 1.807) is 0 Å². The number of carbonyl (C=O) groups excluding carboxylic acids is 2. The van der Waals surface area contributed by atoms with Gasteiger partial charge < -0.3 is 5.11 Å². The monoisotopic (exact) mass is 312 g/mol. The van der Waals surface area contributed by atoms with Crippen LogP contribution in [-0.4, -0.2) is 37.9 Å². The summed E-state index contributed by atoms with van der Waals surface area (Å²) in [6.07, 6.45) is 0.00208. The highest BCUT2D eigenvalue weighted by atomic mass is 32.2. The summed E-state index contributed by atoms with van der Waals surface area (Å²) in [7, 11) is -3.85. The Bertz CT molecular complexity index is 725. The van der Waals surface area contributed by atoms with Gasteiger partial charge in [0.05, 0.1) is 16.0 Å². The molecule has 0 saturated heterocycles. The Morgan fingerprint density at radius 1 is 1.19 bits per heavy atom. The molecule has 0 aromatic heterocycles. The molecule has 2 amide bonds. The zero-order chi connectivity index (χ0) is 15.6. The fourth-order valence-electron chi connectivity index (χ4n) is 1.84.